The molecule has 1 aliphatic heterocycles. The van der Waals surface area contributed by atoms with E-state index in [0.29, 0.717) is 31.6 Å². The van der Waals surface area contributed by atoms with Crippen LogP contribution in [0.5, 0.6) is 0 Å². The third-order valence-corrected chi connectivity index (χ3v) is 3.69. The van der Waals surface area contributed by atoms with Gasteiger partial charge in [-0.05, 0) is 39.7 Å². The number of anilines is 1. The molecular weight excluding hydrogens is 306 g/mol. The molecule has 0 saturated carbocycles. The number of hydrogen-bond acceptors (Lipinski definition) is 5. The van der Waals surface area contributed by atoms with Crippen molar-refractivity contribution in [3.05, 3.63) is 31.1 Å². The van der Waals surface area contributed by atoms with Crippen molar-refractivity contribution in [1.82, 2.24) is 21.0 Å². The van der Waals surface area contributed by atoms with Crippen LogP contribution in [0.3, 0.4) is 0 Å². The topological polar surface area (TPSA) is 89.1 Å². The molecule has 2 rings (SSSR count). The lowest BCUT2D eigenvalue weighted by Crippen LogP contribution is -2.48. The summed E-state index contributed by atoms with van der Waals surface area (Å²) in [6.45, 7) is 11.5. The number of carbonyl (C=O) groups is 1. The van der Waals surface area contributed by atoms with Crippen molar-refractivity contribution in [3.8, 4) is 0 Å². The van der Waals surface area contributed by atoms with Gasteiger partial charge in [0.25, 0.3) is 0 Å². The summed E-state index contributed by atoms with van der Waals surface area (Å²) in [6.07, 6.45) is 6.85. The molecule has 0 unspecified atom stereocenters. The van der Waals surface area contributed by atoms with E-state index in [4.69, 9.17) is 4.74 Å². The van der Waals surface area contributed by atoms with Crippen LogP contribution in [-0.4, -0.2) is 52.2 Å². The van der Waals surface area contributed by atoms with E-state index >= 15 is 0 Å². The molecule has 0 aromatic carbocycles. The molecular formula is C17H26N5O2. The third kappa shape index (κ3) is 5.49. The highest BCUT2D eigenvalue weighted by Gasteiger charge is 2.30. The largest absolute Gasteiger partial charge is 0.444 e. The van der Waals surface area contributed by atoms with Gasteiger partial charge < -0.3 is 14.5 Å². The Kier molecular flexibility index (Phi) is 7.16. The molecule has 3 radical (unpaired) electrons. The quantitative estimate of drug-likeness (QED) is 0.790. The first-order valence-electron chi connectivity index (χ1n) is 8.03. The van der Waals surface area contributed by atoms with E-state index in [1.807, 2.05) is 26.8 Å². The Labute approximate surface area is 144 Å². The minimum atomic E-state index is -0.458. The number of carbonyl (C=O) groups excluding carboxylic acids is 1. The smallest absolute Gasteiger partial charge is 0.410 e. The molecule has 2 heterocycles. The maximum absolute atomic E-state index is 12.1. The number of amides is 1. The van der Waals surface area contributed by atoms with Gasteiger partial charge >= 0.3 is 6.09 Å². The molecule has 131 valence electrons. The summed E-state index contributed by atoms with van der Waals surface area (Å²) in [6, 6.07) is 2.11. The molecule has 7 nitrogen and oxygen atoms in total. The van der Waals surface area contributed by atoms with Crippen LogP contribution in [0.2, 0.25) is 0 Å². The van der Waals surface area contributed by atoms with Crippen molar-refractivity contribution in [2.45, 2.75) is 45.3 Å². The number of aromatic nitrogens is 2. The van der Waals surface area contributed by atoms with Gasteiger partial charge in [-0.3, -0.25) is 0 Å². The minimum Gasteiger partial charge on any atom is -0.444 e. The lowest BCUT2D eigenvalue weighted by molar-refractivity contribution is 0.0205. The molecule has 7 heteroatoms. The second kappa shape index (κ2) is 8.63. The normalized spacial score (nSPS) is 15.4. The highest BCUT2D eigenvalue weighted by atomic mass is 16.6. The zero-order valence-electron chi connectivity index (χ0n) is 14.7. The van der Waals surface area contributed by atoms with Crippen molar-refractivity contribution in [1.29, 1.82) is 0 Å². The number of rotatable bonds is 4. The fraction of sp³-hybridized carbons (Fsp3) is 0.588. The van der Waals surface area contributed by atoms with Gasteiger partial charge in [0.2, 0.25) is 5.95 Å². The zero-order chi connectivity index (χ0) is 16.9. The van der Waals surface area contributed by atoms with E-state index in [-0.39, 0.29) is 12.2 Å². The second-order valence-electron chi connectivity index (χ2n) is 6.69. The van der Waals surface area contributed by atoms with E-state index in [1.54, 1.807) is 23.4 Å². The number of ether oxygens (including phenoxy) is 1. The van der Waals surface area contributed by atoms with Crippen LogP contribution in [0, 0.1) is 0 Å². The first-order valence-corrected chi connectivity index (χ1v) is 8.03. The van der Waals surface area contributed by atoms with E-state index in [1.165, 1.54) is 0 Å². The van der Waals surface area contributed by atoms with Crippen molar-refractivity contribution < 1.29 is 9.53 Å². The summed E-state index contributed by atoms with van der Waals surface area (Å²) in [4.78, 5) is 24.7. The SMILES string of the molecule is C=CCN(c1ncccn1)C1CCN(C(=O)OC(C)(C)C)CC1.[N]. The molecule has 0 N–H and O–H groups in total. The highest BCUT2D eigenvalue weighted by Crippen LogP contribution is 2.22. The molecule has 1 saturated heterocycles. The summed E-state index contributed by atoms with van der Waals surface area (Å²) in [5.41, 5.74) is -0.458. The van der Waals surface area contributed by atoms with Crippen LogP contribution in [0.1, 0.15) is 33.6 Å². The summed E-state index contributed by atoms with van der Waals surface area (Å²) >= 11 is 0. The average molecular weight is 332 g/mol. The first-order chi connectivity index (χ1) is 10.9. The molecule has 1 amide bonds. The third-order valence-electron chi connectivity index (χ3n) is 3.69. The standard InChI is InChI=1S/C17H26N4O2.N/c1-5-11-21(15-18-9-6-10-19-15)14-7-12-20(13-8-14)16(22)23-17(2,3)4;/h5-6,9-10,14H,1,7-8,11-13H2,2-4H3;. The van der Waals surface area contributed by atoms with Crippen LogP contribution in [0.4, 0.5) is 10.7 Å². The van der Waals surface area contributed by atoms with Crippen LogP contribution in [0.15, 0.2) is 31.1 Å². The Morgan fingerprint density at radius 1 is 1.38 bits per heavy atom. The fourth-order valence-electron chi connectivity index (χ4n) is 2.66. The molecule has 1 fully saturated rings. The second-order valence-corrected chi connectivity index (χ2v) is 6.69. The number of likely N-dealkylation sites (tertiary alicyclic amines) is 1. The number of piperidine rings is 1. The molecule has 0 spiro atoms. The molecule has 0 bridgehead atoms. The highest BCUT2D eigenvalue weighted by molar-refractivity contribution is 5.68. The van der Waals surface area contributed by atoms with Gasteiger partial charge in [-0.15, -0.1) is 6.58 Å². The Balaban J connectivity index is 0.00000288. The fourth-order valence-corrected chi connectivity index (χ4v) is 2.66. The summed E-state index contributed by atoms with van der Waals surface area (Å²) < 4.78 is 5.44. The van der Waals surface area contributed by atoms with Crippen molar-refractivity contribution in [2.24, 2.45) is 0 Å². The molecule has 1 aliphatic rings. The van der Waals surface area contributed by atoms with Crippen molar-refractivity contribution in [3.63, 3.8) is 0 Å². The molecule has 1 aromatic heterocycles. The van der Waals surface area contributed by atoms with Gasteiger partial charge in [0.05, 0.1) is 0 Å². The van der Waals surface area contributed by atoms with Gasteiger partial charge in [-0.25, -0.2) is 14.8 Å². The average Bonchev–Trinajstić information content (AvgIpc) is 2.52. The maximum atomic E-state index is 12.1. The van der Waals surface area contributed by atoms with Gasteiger partial charge in [-0.2, -0.15) is 0 Å². The summed E-state index contributed by atoms with van der Waals surface area (Å²) in [5.74, 6) is 0.711. The minimum absolute atomic E-state index is 0. The van der Waals surface area contributed by atoms with Crippen LogP contribution in [-0.2, 0) is 4.74 Å². The Morgan fingerprint density at radius 2 is 1.96 bits per heavy atom. The van der Waals surface area contributed by atoms with Gasteiger partial charge in [0.1, 0.15) is 5.60 Å². The summed E-state index contributed by atoms with van der Waals surface area (Å²) in [7, 11) is 0. The van der Waals surface area contributed by atoms with Gasteiger partial charge in [-0.1, -0.05) is 6.08 Å². The van der Waals surface area contributed by atoms with E-state index in [9.17, 15) is 4.79 Å². The Bertz CT molecular complexity index is 522. The first kappa shape index (κ1) is 19.9. The molecule has 0 atom stereocenters. The van der Waals surface area contributed by atoms with Crippen molar-refractivity contribution >= 4 is 12.0 Å². The van der Waals surface area contributed by atoms with E-state index in [0.717, 1.165) is 12.8 Å². The maximum Gasteiger partial charge on any atom is 0.410 e. The lowest BCUT2D eigenvalue weighted by atomic mass is 10.0. The van der Waals surface area contributed by atoms with Crippen LogP contribution >= 0.6 is 0 Å². The number of hydrogen-bond donors (Lipinski definition) is 0. The Morgan fingerprint density at radius 3 is 2.46 bits per heavy atom. The molecule has 1 aromatic rings. The predicted octanol–water partition coefficient (Wildman–Crippen LogP) is 2.39. The lowest BCUT2D eigenvalue weighted by Gasteiger charge is -2.38. The monoisotopic (exact) mass is 332 g/mol. The van der Waals surface area contributed by atoms with Crippen LogP contribution in [0.25, 0.3) is 0 Å². The number of nitrogens with zero attached hydrogens (tertiary/aromatic N) is 5. The van der Waals surface area contributed by atoms with Crippen molar-refractivity contribution in [2.75, 3.05) is 24.5 Å². The molecule has 24 heavy (non-hydrogen) atoms. The predicted molar refractivity (Wildman–Crippen MR) is 92.5 cm³/mol. The summed E-state index contributed by atoms with van der Waals surface area (Å²) in [5, 5.41) is 0. The van der Waals surface area contributed by atoms with E-state index in [2.05, 4.69) is 21.4 Å². The Hall–Kier alpha value is -2.15. The molecule has 0 aliphatic carbocycles. The van der Waals surface area contributed by atoms with E-state index < -0.39 is 5.60 Å². The van der Waals surface area contributed by atoms with Gasteiger partial charge in [0, 0.05) is 44.2 Å². The van der Waals surface area contributed by atoms with Crippen LogP contribution < -0.4 is 11.1 Å². The van der Waals surface area contributed by atoms with Gasteiger partial charge in [0.15, 0.2) is 0 Å². The zero-order valence-corrected chi connectivity index (χ0v) is 14.7.